The molecule has 9 heteroatoms. The maximum atomic E-state index is 13.3. The summed E-state index contributed by atoms with van der Waals surface area (Å²) < 4.78 is 60.5. The molecule has 0 aliphatic rings. The molecule has 0 atom stereocenters. The van der Waals surface area contributed by atoms with Crippen LogP contribution in [0.1, 0.15) is 38.3 Å². The quantitative estimate of drug-likeness (QED) is 0.390. The zero-order valence-electron chi connectivity index (χ0n) is 18.7. The van der Waals surface area contributed by atoms with Gasteiger partial charge in [-0.15, -0.1) is 0 Å². The monoisotopic (exact) mass is 469 g/mol. The van der Waals surface area contributed by atoms with Crippen molar-refractivity contribution in [2.45, 2.75) is 44.0 Å². The van der Waals surface area contributed by atoms with Crippen molar-refractivity contribution in [3.05, 3.63) is 59.7 Å². The molecule has 0 heterocycles. The van der Waals surface area contributed by atoms with E-state index in [1.54, 1.807) is 31.4 Å². The van der Waals surface area contributed by atoms with Crippen molar-refractivity contribution in [2.24, 2.45) is 0 Å². The van der Waals surface area contributed by atoms with Gasteiger partial charge in [0.15, 0.2) is 0 Å². The van der Waals surface area contributed by atoms with Gasteiger partial charge in [-0.3, -0.25) is 0 Å². The average molecular weight is 470 g/mol. The Kier molecular flexibility index (Phi) is 8.27. The summed E-state index contributed by atoms with van der Waals surface area (Å²) in [5.41, 5.74) is 1.70. The zero-order valence-corrected chi connectivity index (χ0v) is 20.3. The molecule has 31 heavy (non-hydrogen) atoms. The molecule has 0 saturated heterocycles. The minimum atomic E-state index is -3.73. The highest BCUT2D eigenvalue weighted by molar-refractivity contribution is 7.89. The molecule has 0 bridgehead atoms. The second kappa shape index (κ2) is 10.1. The fourth-order valence-corrected chi connectivity index (χ4v) is 4.90. The first-order chi connectivity index (χ1) is 14.3. The summed E-state index contributed by atoms with van der Waals surface area (Å²) in [6, 6.07) is 13.3. The van der Waals surface area contributed by atoms with Gasteiger partial charge in [0.25, 0.3) is 0 Å². The Morgan fingerprint density at radius 2 is 1.48 bits per heavy atom. The Morgan fingerprint density at radius 1 is 0.903 bits per heavy atom. The molecule has 7 nitrogen and oxygen atoms in total. The van der Waals surface area contributed by atoms with Gasteiger partial charge in [0.05, 0.1) is 11.2 Å². The lowest BCUT2D eigenvalue weighted by Gasteiger charge is -2.24. The number of benzene rings is 2. The largest absolute Gasteiger partial charge is 0.385 e. The molecule has 0 N–H and O–H groups in total. The van der Waals surface area contributed by atoms with Crippen molar-refractivity contribution < 1.29 is 25.8 Å². The highest BCUT2D eigenvalue weighted by Crippen LogP contribution is 2.26. The standard InChI is InChI=1S/C22H31NO6S2/c1-22(2,3)19-9-13-21(14-10-19)31(26,27)23(15-6-16-28-4)17-18-7-11-20(12-8-18)29-30(5,24)25/h7-14H,6,15-17H2,1-5H3. The van der Waals surface area contributed by atoms with Crippen molar-refractivity contribution >= 4 is 20.1 Å². The van der Waals surface area contributed by atoms with E-state index in [4.69, 9.17) is 8.92 Å². The van der Waals surface area contributed by atoms with Crippen LogP contribution in [0.2, 0.25) is 0 Å². The second-order valence-electron chi connectivity index (χ2n) is 8.39. The molecule has 0 aliphatic heterocycles. The third-order valence-electron chi connectivity index (χ3n) is 4.64. The highest BCUT2D eigenvalue weighted by Gasteiger charge is 2.25. The molecule has 0 amide bonds. The van der Waals surface area contributed by atoms with Gasteiger partial charge in [-0.05, 0) is 47.2 Å². The SMILES string of the molecule is COCCCN(Cc1ccc(OS(C)(=O)=O)cc1)S(=O)(=O)c1ccc(C(C)(C)C)cc1. The molecular formula is C22H31NO6S2. The number of ether oxygens (including phenoxy) is 1. The number of rotatable bonds is 10. The van der Waals surface area contributed by atoms with E-state index in [9.17, 15) is 16.8 Å². The lowest BCUT2D eigenvalue weighted by Crippen LogP contribution is -2.32. The van der Waals surface area contributed by atoms with E-state index in [1.165, 1.54) is 16.4 Å². The summed E-state index contributed by atoms with van der Waals surface area (Å²) in [5.74, 6) is 0.179. The summed E-state index contributed by atoms with van der Waals surface area (Å²) in [7, 11) is -5.78. The van der Waals surface area contributed by atoms with Gasteiger partial charge in [0, 0.05) is 26.8 Å². The highest BCUT2D eigenvalue weighted by atomic mass is 32.2. The molecule has 0 spiro atoms. The summed E-state index contributed by atoms with van der Waals surface area (Å²) >= 11 is 0. The van der Waals surface area contributed by atoms with Crippen LogP contribution in [0.25, 0.3) is 0 Å². The van der Waals surface area contributed by atoms with Crippen LogP contribution in [0.15, 0.2) is 53.4 Å². The van der Waals surface area contributed by atoms with Gasteiger partial charge < -0.3 is 8.92 Å². The van der Waals surface area contributed by atoms with Gasteiger partial charge in [0.2, 0.25) is 10.0 Å². The van der Waals surface area contributed by atoms with E-state index in [1.807, 2.05) is 12.1 Å². The predicted molar refractivity (Wildman–Crippen MR) is 121 cm³/mol. The zero-order chi connectivity index (χ0) is 23.3. The van der Waals surface area contributed by atoms with Crippen molar-refractivity contribution in [3.63, 3.8) is 0 Å². The van der Waals surface area contributed by atoms with Crippen molar-refractivity contribution in [2.75, 3.05) is 26.5 Å². The van der Waals surface area contributed by atoms with Gasteiger partial charge in [-0.2, -0.15) is 12.7 Å². The summed E-state index contributed by atoms with van der Waals surface area (Å²) in [5, 5.41) is 0. The second-order valence-corrected chi connectivity index (χ2v) is 11.9. The first-order valence-corrected chi connectivity index (χ1v) is 13.2. The number of methoxy groups -OCH3 is 1. The summed E-state index contributed by atoms with van der Waals surface area (Å²) in [4.78, 5) is 0.231. The van der Waals surface area contributed by atoms with Gasteiger partial charge >= 0.3 is 10.1 Å². The van der Waals surface area contributed by atoms with Gasteiger partial charge in [-0.1, -0.05) is 45.0 Å². The first kappa shape index (κ1) is 25.3. The molecule has 0 unspecified atom stereocenters. The van der Waals surface area contributed by atoms with Gasteiger partial charge in [0.1, 0.15) is 5.75 Å². The summed E-state index contributed by atoms with van der Waals surface area (Å²) in [6.45, 7) is 7.10. The topological polar surface area (TPSA) is 90.0 Å². The van der Waals surface area contributed by atoms with E-state index >= 15 is 0 Å². The van der Waals surface area contributed by atoms with E-state index in [2.05, 4.69) is 20.8 Å². The molecule has 2 aromatic carbocycles. The van der Waals surface area contributed by atoms with Crippen LogP contribution in [0.3, 0.4) is 0 Å². The molecule has 0 fully saturated rings. The molecule has 0 radical (unpaired) electrons. The first-order valence-electron chi connectivity index (χ1n) is 9.91. The van der Waals surface area contributed by atoms with Crippen LogP contribution in [-0.2, 0) is 36.8 Å². The molecule has 172 valence electrons. The van der Waals surface area contributed by atoms with E-state index < -0.39 is 20.1 Å². The third-order valence-corrected chi connectivity index (χ3v) is 7.00. The van der Waals surface area contributed by atoms with E-state index in [0.29, 0.717) is 25.1 Å². The molecule has 2 rings (SSSR count). The third kappa shape index (κ3) is 7.60. The smallest absolute Gasteiger partial charge is 0.306 e. The summed E-state index contributed by atoms with van der Waals surface area (Å²) in [6.07, 6.45) is 1.51. The lowest BCUT2D eigenvalue weighted by molar-refractivity contribution is 0.186. The Hall–Kier alpha value is -1.94. The minimum Gasteiger partial charge on any atom is -0.385 e. The maximum absolute atomic E-state index is 13.3. The van der Waals surface area contributed by atoms with Crippen molar-refractivity contribution in [3.8, 4) is 5.75 Å². The van der Waals surface area contributed by atoms with Crippen molar-refractivity contribution in [1.29, 1.82) is 0 Å². The van der Waals surface area contributed by atoms with Crippen LogP contribution in [0, 0.1) is 0 Å². The Bertz CT molecular complexity index is 1050. The average Bonchev–Trinajstić information content (AvgIpc) is 2.67. The van der Waals surface area contributed by atoms with Crippen LogP contribution in [0.4, 0.5) is 0 Å². The predicted octanol–water partition coefficient (Wildman–Crippen LogP) is 3.55. The molecule has 0 aliphatic carbocycles. The maximum Gasteiger partial charge on any atom is 0.306 e. The number of nitrogens with zero attached hydrogens (tertiary/aromatic N) is 1. The van der Waals surface area contributed by atoms with Crippen LogP contribution >= 0.6 is 0 Å². The van der Waals surface area contributed by atoms with Crippen LogP contribution < -0.4 is 4.18 Å². The van der Waals surface area contributed by atoms with Crippen LogP contribution in [0.5, 0.6) is 5.75 Å². The molecule has 0 aromatic heterocycles. The molecule has 2 aromatic rings. The van der Waals surface area contributed by atoms with E-state index in [-0.39, 0.29) is 22.6 Å². The van der Waals surface area contributed by atoms with Crippen molar-refractivity contribution in [1.82, 2.24) is 4.31 Å². The Morgan fingerprint density at radius 3 is 1.97 bits per heavy atom. The normalized spacial score (nSPS) is 12.8. The molecular weight excluding hydrogens is 438 g/mol. The number of hydrogen-bond acceptors (Lipinski definition) is 6. The lowest BCUT2D eigenvalue weighted by atomic mass is 9.87. The fourth-order valence-electron chi connectivity index (χ4n) is 2.97. The number of hydrogen-bond donors (Lipinski definition) is 0. The fraction of sp³-hybridized carbons (Fsp3) is 0.455. The Balaban J connectivity index is 2.28. The Labute approximate surface area is 186 Å². The van der Waals surface area contributed by atoms with E-state index in [0.717, 1.165) is 11.8 Å². The number of sulfonamides is 1. The molecule has 0 saturated carbocycles. The minimum absolute atomic E-state index is 0.0732. The van der Waals surface area contributed by atoms with Crippen LogP contribution in [-0.4, -0.2) is 47.7 Å². The van der Waals surface area contributed by atoms with Gasteiger partial charge in [-0.25, -0.2) is 8.42 Å².